The number of quaternary nitrogens is 1. The predicted molar refractivity (Wildman–Crippen MR) is 389 cm³/mol. The molecule has 92 heavy (non-hydrogen) atoms. The van der Waals surface area contributed by atoms with E-state index in [-0.39, 0.29) is 0 Å². The Morgan fingerprint density at radius 1 is 0.250 bits per heavy atom. The highest BCUT2D eigenvalue weighted by molar-refractivity contribution is 7.25. The van der Waals surface area contributed by atoms with E-state index in [0.717, 1.165) is 127 Å². The fourth-order valence-electron chi connectivity index (χ4n) is 13.8. The van der Waals surface area contributed by atoms with Gasteiger partial charge in [-0.1, -0.05) is 152 Å². The topological polar surface area (TPSA) is 41.0 Å². The maximum atomic E-state index is 16.9. The smallest absolute Gasteiger partial charge is 0.151 e. The van der Waals surface area contributed by atoms with Crippen LogP contribution in [-0.2, 0) is 0 Å². The van der Waals surface area contributed by atoms with Crippen LogP contribution in [0.5, 0.6) is 0 Å². The Morgan fingerprint density at radius 3 is 0.880 bits per heavy atom. The van der Waals surface area contributed by atoms with Crippen LogP contribution in [0.1, 0.15) is 0 Å². The standard InChI is InChI=1S/C84H58N6OS/c91-90(81-51-44-69(87(63-33-17-5-18-34-63)64-35-19-6-20-36-64)55-77(81)78-56-70(45-52-82(78)90)88(65-37-21-7-22-38-65)66-39-23-8-24-40-66)72-46-48-74-73-47-41-71(57-83(73)92-84(74)58-72)89-79-49-42-67(85(59-25-9-1-10-26-59)60-27-11-2-12-28-60)53-75(79)76-54-68(43-50-80(76)89)86(61-29-13-3-14-30-61)62-31-15-4-16-32-62/h1-58H. The summed E-state index contributed by atoms with van der Waals surface area (Å²) < 4.78 is 3.85. The number of aromatic nitrogens is 1. The van der Waals surface area contributed by atoms with Gasteiger partial charge in [0.2, 0.25) is 0 Å². The third-order valence-electron chi connectivity index (χ3n) is 17.9. The molecule has 17 rings (SSSR count). The Hall–Kier alpha value is -11.8. The summed E-state index contributed by atoms with van der Waals surface area (Å²) in [6.07, 6.45) is 0. The van der Waals surface area contributed by atoms with Crippen LogP contribution >= 0.6 is 11.3 Å². The zero-order valence-electron chi connectivity index (χ0n) is 50.0. The van der Waals surface area contributed by atoms with Gasteiger partial charge in [0.05, 0.1) is 22.2 Å². The van der Waals surface area contributed by atoms with E-state index < -0.39 is 4.65 Å². The molecule has 0 saturated heterocycles. The number of hydrogen-bond donors (Lipinski definition) is 0. The quantitative estimate of drug-likeness (QED) is 0.0802. The minimum atomic E-state index is -0.753. The van der Waals surface area contributed by atoms with Gasteiger partial charge in [-0.3, -0.25) is 4.65 Å². The number of fused-ring (bicyclic) bond motifs is 9. The molecule has 436 valence electrons. The first-order chi connectivity index (χ1) is 45.5. The molecule has 0 unspecified atom stereocenters. The van der Waals surface area contributed by atoms with Gasteiger partial charge in [-0.25, -0.2) is 0 Å². The van der Waals surface area contributed by atoms with Gasteiger partial charge in [0, 0.05) is 129 Å². The molecule has 0 amide bonds. The lowest BCUT2D eigenvalue weighted by Crippen LogP contribution is -2.29. The number of benzene rings is 14. The van der Waals surface area contributed by atoms with Gasteiger partial charge in [0.15, 0.2) is 11.4 Å². The first-order valence-electron chi connectivity index (χ1n) is 31.1. The molecule has 2 aromatic heterocycles. The fourth-order valence-corrected chi connectivity index (χ4v) is 14.9. The summed E-state index contributed by atoms with van der Waals surface area (Å²) in [5, 5.41) is 21.4. The second-order valence-electron chi connectivity index (χ2n) is 23.2. The Morgan fingerprint density at radius 2 is 0.543 bits per heavy atom. The first-order valence-corrected chi connectivity index (χ1v) is 31.9. The number of thiophene rings is 1. The molecule has 8 heteroatoms. The van der Waals surface area contributed by atoms with E-state index in [1.807, 2.05) is 24.3 Å². The predicted octanol–water partition coefficient (Wildman–Crippen LogP) is 24.5. The second-order valence-corrected chi connectivity index (χ2v) is 24.3. The number of nitrogens with zero attached hydrogens (tertiary/aromatic N) is 6. The van der Waals surface area contributed by atoms with Crippen LogP contribution in [0.2, 0.25) is 0 Å². The van der Waals surface area contributed by atoms with Crippen LogP contribution in [0.3, 0.4) is 0 Å². The van der Waals surface area contributed by atoms with Crippen molar-refractivity contribution in [3.05, 3.63) is 357 Å². The summed E-state index contributed by atoms with van der Waals surface area (Å²) in [7, 11) is 0. The number of para-hydroxylation sites is 8. The molecule has 0 spiro atoms. The van der Waals surface area contributed by atoms with Crippen molar-refractivity contribution in [2.45, 2.75) is 0 Å². The normalized spacial score (nSPS) is 12.3. The third-order valence-corrected chi connectivity index (χ3v) is 19.0. The number of hydrogen-bond acceptors (Lipinski definition) is 6. The van der Waals surface area contributed by atoms with Crippen molar-refractivity contribution < 1.29 is 0 Å². The molecule has 3 heterocycles. The summed E-state index contributed by atoms with van der Waals surface area (Å²) >= 11 is 1.74. The van der Waals surface area contributed by atoms with Gasteiger partial charge >= 0.3 is 0 Å². The molecule has 0 fully saturated rings. The highest BCUT2D eigenvalue weighted by Gasteiger charge is 2.41. The van der Waals surface area contributed by atoms with Crippen LogP contribution < -0.4 is 24.2 Å². The molecule has 16 aromatic rings. The Bertz CT molecular complexity index is 4930. The van der Waals surface area contributed by atoms with Crippen molar-refractivity contribution in [1.82, 2.24) is 9.21 Å². The van der Waals surface area contributed by atoms with Crippen LogP contribution in [0.25, 0.3) is 58.8 Å². The zero-order chi connectivity index (χ0) is 61.1. The molecule has 0 saturated carbocycles. The Kier molecular flexibility index (Phi) is 13.4. The van der Waals surface area contributed by atoms with Gasteiger partial charge < -0.3 is 29.4 Å². The average Bonchev–Trinajstić information content (AvgIpc) is 1.56. The summed E-state index contributed by atoms with van der Waals surface area (Å²) in [4.78, 5) is 9.21. The van der Waals surface area contributed by atoms with Crippen molar-refractivity contribution in [1.29, 1.82) is 0 Å². The average molecular weight is 1200 g/mol. The van der Waals surface area contributed by atoms with E-state index >= 15 is 5.21 Å². The molecule has 14 aromatic carbocycles. The fraction of sp³-hybridized carbons (Fsp3) is 0. The van der Waals surface area contributed by atoms with Crippen molar-refractivity contribution in [2.24, 2.45) is 0 Å². The van der Waals surface area contributed by atoms with Crippen molar-refractivity contribution in [2.75, 3.05) is 19.6 Å². The second kappa shape index (κ2) is 22.7. The zero-order valence-corrected chi connectivity index (χ0v) is 50.8. The molecule has 0 atom stereocenters. The molecule has 0 N–H and O–H groups in total. The first kappa shape index (κ1) is 54.4. The number of anilines is 12. The van der Waals surface area contributed by atoms with Crippen LogP contribution in [0.15, 0.2) is 352 Å². The summed E-state index contributed by atoms with van der Waals surface area (Å²) in [6, 6.07) is 124. The molecule has 7 nitrogen and oxygen atoms in total. The van der Waals surface area contributed by atoms with Gasteiger partial charge in [0.25, 0.3) is 0 Å². The maximum absolute atomic E-state index is 16.9. The van der Waals surface area contributed by atoms with Crippen molar-refractivity contribution >= 4 is 139 Å². The summed E-state index contributed by atoms with van der Waals surface area (Å²) in [5.74, 6) is 0. The van der Waals surface area contributed by atoms with E-state index in [0.29, 0.717) is 17.1 Å². The maximum Gasteiger partial charge on any atom is 0.151 e. The highest BCUT2D eigenvalue weighted by Crippen LogP contribution is 2.60. The summed E-state index contributed by atoms with van der Waals surface area (Å²) in [6.45, 7) is 0. The van der Waals surface area contributed by atoms with Crippen LogP contribution in [-0.4, -0.2) is 4.57 Å². The lowest BCUT2D eigenvalue weighted by molar-refractivity contribution is 0.711. The van der Waals surface area contributed by atoms with E-state index in [1.165, 1.54) is 0 Å². The van der Waals surface area contributed by atoms with E-state index in [1.54, 1.807) is 11.3 Å². The third kappa shape index (κ3) is 9.28. The molecule has 1 aliphatic heterocycles. The van der Waals surface area contributed by atoms with Crippen molar-refractivity contribution in [3.8, 4) is 16.8 Å². The SMILES string of the molecule is [O-][N+]1(c2ccc3c(c2)sc2cc(-n4c5ccc(N(c6ccccc6)c6ccccc6)cc5c5cc(N(c6ccccc6)c6ccccc6)ccc54)ccc23)c2ccc(N(c3ccccc3)c3ccccc3)cc2-c2cc(N(c3ccccc3)c3ccccc3)ccc21. The van der Waals surface area contributed by atoms with Crippen LogP contribution in [0.4, 0.5) is 85.3 Å². The largest absolute Gasteiger partial charge is 0.616 e. The minimum Gasteiger partial charge on any atom is -0.616 e. The van der Waals surface area contributed by atoms with E-state index in [9.17, 15) is 0 Å². The van der Waals surface area contributed by atoms with Crippen molar-refractivity contribution in [3.63, 3.8) is 0 Å². The Balaban J connectivity index is 0.821. The van der Waals surface area contributed by atoms with Crippen LogP contribution in [0, 0.1) is 5.21 Å². The minimum absolute atomic E-state index is 0.643. The molecular weight excluding hydrogens is 1140 g/mol. The number of rotatable bonds is 14. The van der Waals surface area contributed by atoms with Gasteiger partial charge in [-0.2, -0.15) is 0 Å². The Labute approximate surface area is 538 Å². The summed E-state index contributed by atoms with van der Waals surface area (Å²) in [5.41, 5.74) is 19.4. The lowest BCUT2D eigenvalue weighted by atomic mass is 10.0. The highest BCUT2D eigenvalue weighted by atomic mass is 32.1. The monoisotopic (exact) mass is 1200 g/mol. The molecular formula is C84H58N6OS. The van der Waals surface area contributed by atoms with E-state index in [4.69, 9.17) is 0 Å². The van der Waals surface area contributed by atoms with Gasteiger partial charge in [-0.15, -0.1) is 11.3 Å². The van der Waals surface area contributed by atoms with Gasteiger partial charge in [0.1, 0.15) is 5.69 Å². The molecule has 1 aliphatic rings. The lowest BCUT2D eigenvalue weighted by Gasteiger charge is -2.38. The molecule has 0 radical (unpaired) electrons. The van der Waals surface area contributed by atoms with Gasteiger partial charge in [-0.05, 0) is 176 Å². The van der Waals surface area contributed by atoms with E-state index in [2.05, 4.69) is 352 Å². The molecule has 0 aliphatic carbocycles. The molecule has 0 bridgehead atoms.